The summed E-state index contributed by atoms with van der Waals surface area (Å²) in [6.07, 6.45) is 4.24. The van der Waals surface area contributed by atoms with E-state index < -0.39 is 12.0 Å². The minimum Gasteiger partial charge on any atom is -0.467 e. The molecule has 2 atom stereocenters. The van der Waals surface area contributed by atoms with E-state index in [0.29, 0.717) is 24.6 Å². The summed E-state index contributed by atoms with van der Waals surface area (Å²) < 4.78 is 4.72. The van der Waals surface area contributed by atoms with E-state index in [4.69, 9.17) is 4.74 Å². The molecule has 0 spiro atoms. The van der Waals surface area contributed by atoms with Crippen LogP contribution in [0.25, 0.3) is 0 Å². The maximum absolute atomic E-state index is 12.1. The van der Waals surface area contributed by atoms with Gasteiger partial charge >= 0.3 is 5.97 Å². The summed E-state index contributed by atoms with van der Waals surface area (Å²) in [6.45, 7) is 6.44. The maximum Gasteiger partial charge on any atom is 0.328 e. The molecule has 2 amide bonds. The summed E-state index contributed by atoms with van der Waals surface area (Å²) in [4.78, 5) is 37.0. The van der Waals surface area contributed by atoms with Gasteiger partial charge < -0.3 is 15.0 Å². The van der Waals surface area contributed by atoms with E-state index >= 15 is 0 Å². The first kappa shape index (κ1) is 20.8. The number of hydrogen-bond acceptors (Lipinski definition) is 5. The van der Waals surface area contributed by atoms with Gasteiger partial charge in [-0.1, -0.05) is 26.7 Å². The van der Waals surface area contributed by atoms with Crippen molar-refractivity contribution in [2.24, 2.45) is 5.92 Å². The normalized spacial score (nSPS) is 18.8. The third kappa shape index (κ3) is 6.00. The van der Waals surface area contributed by atoms with E-state index in [0.717, 1.165) is 25.7 Å². The minimum absolute atomic E-state index is 0.211. The first-order valence-electron chi connectivity index (χ1n) is 8.70. The average molecular weight is 359 g/mol. The number of hydrogen-bond donors (Lipinski definition) is 1. The molecular formula is C17H30N2O4S. The molecule has 1 aliphatic heterocycles. The second-order valence-corrected chi connectivity index (χ2v) is 7.24. The van der Waals surface area contributed by atoms with Gasteiger partial charge in [0, 0.05) is 13.5 Å². The fourth-order valence-electron chi connectivity index (χ4n) is 3.07. The standard InChI is InChI=1S/C17H30N2O4S/c1-5-13(6-2)16-19(15(21)11-24-16)10-8-7-9-14(17(22)23-4)18-12(3)20/h13-14,16H,5-11H2,1-4H3,(H,18,20). The predicted molar refractivity (Wildman–Crippen MR) is 95.5 cm³/mol. The van der Waals surface area contributed by atoms with Crippen molar-refractivity contribution in [1.82, 2.24) is 10.2 Å². The van der Waals surface area contributed by atoms with Crippen LogP contribution in [0.15, 0.2) is 0 Å². The van der Waals surface area contributed by atoms with E-state index in [2.05, 4.69) is 19.2 Å². The van der Waals surface area contributed by atoms with Crippen LogP contribution in [0.3, 0.4) is 0 Å². The zero-order valence-electron chi connectivity index (χ0n) is 15.2. The molecule has 138 valence electrons. The summed E-state index contributed by atoms with van der Waals surface area (Å²) in [7, 11) is 1.32. The van der Waals surface area contributed by atoms with Crippen molar-refractivity contribution in [3.05, 3.63) is 0 Å². The largest absolute Gasteiger partial charge is 0.467 e. The first-order chi connectivity index (χ1) is 11.4. The number of carbonyl (C=O) groups excluding carboxylic acids is 3. The van der Waals surface area contributed by atoms with Crippen LogP contribution in [0.1, 0.15) is 52.9 Å². The number of amides is 2. The smallest absolute Gasteiger partial charge is 0.328 e. The van der Waals surface area contributed by atoms with Crippen LogP contribution in [0.5, 0.6) is 0 Å². The van der Waals surface area contributed by atoms with Gasteiger partial charge in [0.05, 0.1) is 18.2 Å². The van der Waals surface area contributed by atoms with Crippen molar-refractivity contribution in [3.63, 3.8) is 0 Å². The second-order valence-electron chi connectivity index (χ2n) is 6.14. The molecule has 1 N–H and O–H groups in total. The lowest BCUT2D eigenvalue weighted by molar-refractivity contribution is -0.145. The van der Waals surface area contributed by atoms with Crippen LogP contribution >= 0.6 is 11.8 Å². The van der Waals surface area contributed by atoms with Crippen LogP contribution in [-0.2, 0) is 19.1 Å². The van der Waals surface area contributed by atoms with E-state index in [1.165, 1.54) is 14.0 Å². The highest BCUT2D eigenvalue weighted by Gasteiger charge is 2.35. The zero-order chi connectivity index (χ0) is 18.1. The molecule has 6 nitrogen and oxygen atoms in total. The fraction of sp³-hybridized carbons (Fsp3) is 0.824. The van der Waals surface area contributed by atoms with Gasteiger partial charge in [-0.2, -0.15) is 0 Å². The molecular weight excluding hydrogens is 328 g/mol. The van der Waals surface area contributed by atoms with E-state index in [-0.39, 0.29) is 17.2 Å². The quantitative estimate of drug-likeness (QED) is 0.478. The molecule has 1 aliphatic rings. The van der Waals surface area contributed by atoms with Crippen LogP contribution in [0, 0.1) is 5.92 Å². The van der Waals surface area contributed by atoms with Gasteiger partial charge in [0.25, 0.3) is 0 Å². The van der Waals surface area contributed by atoms with E-state index in [9.17, 15) is 14.4 Å². The Balaban J connectivity index is 2.47. The Hall–Kier alpha value is -1.24. The molecule has 2 unspecified atom stereocenters. The molecule has 1 rings (SSSR count). The summed E-state index contributed by atoms with van der Waals surface area (Å²) in [5.41, 5.74) is 0. The van der Waals surface area contributed by atoms with E-state index in [1.807, 2.05) is 4.90 Å². The number of nitrogens with one attached hydrogen (secondary N) is 1. The Morgan fingerprint density at radius 2 is 2.00 bits per heavy atom. The summed E-state index contributed by atoms with van der Waals surface area (Å²) in [5.74, 6) is 0.642. The lowest BCUT2D eigenvalue weighted by Crippen LogP contribution is -2.41. The molecule has 24 heavy (non-hydrogen) atoms. The molecule has 0 aromatic rings. The van der Waals surface area contributed by atoms with Gasteiger partial charge in [0.2, 0.25) is 11.8 Å². The number of rotatable bonds is 10. The Kier molecular flexibility index (Phi) is 9.18. The Bertz CT molecular complexity index is 440. The van der Waals surface area contributed by atoms with Gasteiger partial charge in [0.15, 0.2) is 0 Å². The summed E-state index contributed by atoms with van der Waals surface area (Å²) in [5, 5.41) is 2.89. The van der Waals surface area contributed by atoms with Gasteiger partial charge in [-0.25, -0.2) is 4.79 Å². The lowest BCUT2D eigenvalue weighted by Gasteiger charge is -2.30. The highest BCUT2D eigenvalue weighted by Crippen LogP contribution is 2.34. The van der Waals surface area contributed by atoms with Crippen molar-refractivity contribution in [2.75, 3.05) is 19.4 Å². The number of carbonyl (C=O) groups is 3. The molecule has 0 bridgehead atoms. The second kappa shape index (κ2) is 10.6. The fourth-order valence-corrected chi connectivity index (χ4v) is 4.61. The van der Waals surface area contributed by atoms with Gasteiger partial charge in [-0.3, -0.25) is 9.59 Å². The third-order valence-electron chi connectivity index (χ3n) is 4.46. The zero-order valence-corrected chi connectivity index (χ0v) is 16.0. The number of thioether (sulfide) groups is 1. The molecule has 1 saturated heterocycles. The summed E-state index contributed by atoms with van der Waals surface area (Å²) in [6, 6.07) is -0.606. The molecule has 0 aromatic heterocycles. The topological polar surface area (TPSA) is 75.7 Å². The number of unbranched alkanes of at least 4 members (excludes halogenated alkanes) is 1. The number of ether oxygens (including phenoxy) is 1. The van der Waals surface area contributed by atoms with Crippen molar-refractivity contribution in [3.8, 4) is 0 Å². The maximum atomic E-state index is 12.1. The predicted octanol–water partition coefficient (Wildman–Crippen LogP) is 2.17. The van der Waals surface area contributed by atoms with Crippen LogP contribution in [-0.4, -0.2) is 53.5 Å². The number of nitrogens with zero attached hydrogens (tertiary/aromatic N) is 1. The van der Waals surface area contributed by atoms with Gasteiger partial charge in [0.1, 0.15) is 6.04 Å². The first-order valence-corrected chi connectivity index (χ1v) is 9.75. The SMILES string of the molecule is CCC(CC)C1SCC(=O)N1CCCCC(NC(C)=O)C(=O)OC. The molecule has 0 aromatic carbocycles. The Morgan fingerprint density at radius 3 is 2.54 bits per heavy atom. The minimum atomic E-state index is -0.606. The van der Waals surface area contributed by atoms with Crippen molar-refractivity contribution in [2.45, 2.75) is 64.3 Å². The van der Waals surface area contributed by atoms with Crippen LogP contribution in [0.2, 0.25) is 0 Å². The van der Waals surface area contributed by atoms with Gasteiger partial charge in [-0.05, 0) is 25.2 Å². The highest BCUT2D eigenvalue weighted by molar-refractivity contribution is 8.01. The highest BCUT2D eigenvalue weighted by atomic mass is 32.2. The lowest BCUT2D eigenvalue weighted by atomic mass is 10.0. The van der Waals surface area contributed by atoms with E-state index in [1.54, 1.807) is 11.8 Å². The molecule has 1 fully saturated rings. The molecule has 0 saturated carbocycles. The van der Waals surface area contributed by atoms with Crippen molar-refractivity contribution in [1.29, 1.82) is 0 Å². The third-order valence-corrected chi connectivity index (χ3v) is 5.86. The van der Waals surface area contributed by atoms with Crippen LogP contribution < -0.4 is 5.32 Å². The van der Waals surface area contributed by atoms with Crippen molar-refractivity contribution < 1.29 is 19.1 Å². The van der Waals surface area contributed by atoms with Crippen LogP contribution in [0.4, 0.5) is 0 Å². The number of esters is 1. The molecule has 7 heteroatoms. The van der Waals surface area contributed by atoms with Gasteiger partial charge in [-0.15, -0.1) is 11.8 Å². The Morgan fingerprint density at radius 1 is 1.33 bits per heavy atom. The molecule has 0 radical (unpaired) electrons. The average Bonchev–Trinajstić information content (AvgIpc) is 2.91. The van der Waals surface area contributed by atoms with Crippen molar-refractivity contribution >= 4 is 29.5 Å². The monoisotopic (exact) mass is 358 g/mol. The molecule has 0 aliphatic carbocycles. The molecule has 1 heterocycles. The summed E-state index contributed by atoms with van der Waals surface area (Å²) >= 11 is 1.74. The Labute approximate surface area is 149 Å². The number of methoxy groups -OCH3 is 1.